The first-order valence-electron chi connectivity index (χ1n) is 4.77. The molecule has 90 valence electrons. The second-order valence-electron chi connectivity index (χ2n) is 3.47. The summed E-state index contributed by atoms with van der Waals surface area (Å²) in [6.45, 7) is 0.265. The van der Waals surface area contributed by atoms with Gasteiger partial charge >= 0.3 is 0 Å². The first kappa shape index (κ1) is 11.7. The van der Waals surface area contributed by atoms with Crippen molar-refractivity contribution >= 4 is 9.84 Å². The first-order chi connectivity index (χ1) is 8.00. The zero-order valence-electron chi connectivity index (χ0n) is 9.11. The van der Waals surface area contributed by atoms with Gasteiger partial charge < -0.3 is 5.73 Å². The maximum Gasteiger partial charge on any atom is 0.178 e. The SMILES string of the molecule is CS(=O)(=O)c1cnn(-c2cncc(CN)n2)c1. The zero-order chi connectivity index (χ0) is 12.5. The Morgan fingerprint density at radius 1 is 1.35 bits per heavy atom. The van der Waals surface area contributed by atoms with Crippen LogP contribution in [0.3, 0.4) is 0 Å². The van der Waals surface area contributed by atoms with Gasteiger partial charge in [0.15, 0.2) is 15.7 Å². The Morgan fingerprint density at radius 3 is 2.71 bits per heavy atom. The fourth-order valence-corrected chi connectivity index (χ4v) is 1.76. The van der Waals surface area contributed by atoms with Crippen LogP contribution in [0.1, 0.15) is 5.69 Å². The molecule has 0 aliphatic carbocycles. The fourth-order valence-electron chi connectivity index (χ4n) is 1.23. The molecule has 0 radical (unpaired) electrons. The molecule has 17 heavy (non-hydrogen) atoms. The van der Waals surface area contributed by atoms with Gasteiger partial charge in [-0.3, -0.25) is 4.98 Å². The summed E-state index contributed by atoms with van der Waals surface area (Å²) in [6, 6.07) is 0. The third kappa shape index (κ3) is 2.48. The molecule has 0 saturated carbocycles. The van der Waals surface area contributed by atoms with Gasteiger partial charge in [0.05, 0.1) is 24.3 Å². The highest BCUT2D eigenvalue weighted by atomic mass is 32.2. The number of nitrogens with two attached hydrogens (primary N) is 1. The molecule has 7 nitrogen and oxygen atoms in total. The monoisotopic (exact) mass is 253 g/mol. The molecule has 2 aromatic rings. The molecule has 8 heteroatoms. The average molecular weight is 253 g/mol. The Balaban J connectivity index is 2.43. The molecule has 0 aliphatic rings. The molecule has 2 aromatic heterocycles. The summed E-state index contributed by atoms with van der Waals surface area (Å²) >= 11 is 0. The Bertz CT molecular complexity index is 634. The minimum absolute atomic E-state index is 0.137. The van der Waals surface area contributed by atoms with Gasteiger partial charge in [-0.25, -0.2) is 18.1 Å². The van der Waals surface area contributed by atoms with Crippen LogP contribution >= 0.6 is 0 Å². The Morgan fingerprint density at radius 2 is 2.12 bits per heavy atom. The Labute approximate surface area is 98.2 Å². The summed E-state index contributed by atoms with van der Waals surface area (Å²) in [4.78, 5) is 8.26. The highest BCUT2D eigenvalue weighted by Gasteiger charge is 2.11. The van der Waals surface area contributed by atoms with Crippen LogP contribution < -0.4 is 5.73 Å². The van der Waals surface area contributed by atoms with Gasteiger partial charge in [-0.1, -0.05) is 0 Å². The molecular weight excluding hydrogens is 242 g/mol. The van der Waals surface area contributed by atoms with E-state index >= 15 is 0 Å². The molecule has 0 unspecified atom stereocenters. The quantitative estimate of drug-likeness (QED) is 0.792. The van der Waals surface area contributed by atoms with Crippen LogP contribution in [-0.2, 0) is 16.4 Å². The van der Waals surface area contributed by atoms with Gasteiger partial charge in [-0.15, -0.1) is 0 Å². The van der Waals surface area contributed by atoms with E-state index in [0.717, 1.165) is 6.26 Å². The van der Waals surface area contributed by atoms with Gasteiger partial charge in [0, 0.05) is 19.0 Å². The summed E-state index contributed by atoms with van der Waals surface area (Å²) in [6.07, 6.45) is 6.81. The van der Waals surface area contributed by atoms with Gasteiger partial charge in [0.2, 0.25) is 0 Å². The second-order valence-corrected chi connectivity index (χ2v) is 5.48. The predicted molar refractivity (Wildman–Crippen MR) is 60.2 cm³/mol. The molecule has 0 aromatic carbocycles. The highest BCUT2D eigenvalue weighted by Crippen LogP contribution is 2.09. The lowest BCUT2D eigenvalue weighted by atomic mass is 10.4. The Kier molecular flexibility index (Phi) is 2.90. The van der Waals surface area contributed by atoms with Crippen molar-refractivity contribution in [3.05, 3.63) is 30.5 Å². The van der Waals surface area contributed by atoms with E-state index in [9.17, 15) is 8.42 Å². The first-order valence-corrected chi connectivity index (χ1v) is 6.66. The molecule has 0 atom stereocenters. The lowest BCUT2D eigenvalue weighted by Crippen LogP contribution is -2.05. The summed E-state index contributed by atoms with van der Waals surface area (Å²) in [5, 5.41) is 3.92. The zero-order valence-corrected chi connectivity index (χ0v) is 9.92. The van der Waals surface area contributed by atoms with Crippen LogP contribution in [-0.4, -0.2) is 34.4 Å². The van der Waals surface area contributed by atoms with Crippen molar-refractivity contribution in [2.75, 3.05) is 6.26 Å². The van der Waals surface area contributed by atoms with Crippen LogP contribution in [0.25, 0.3) is 5.82 Å². The molecule has 0 bridgehead atoms. The minimum Gasteiger partial charge on any atom is -0.325 e. The van der Waals surface area contributed by atoms with Gasteiger partial charge in [-0.2, -0.15) is 5.10 Å². The average Bonchev–Trinajstić information content (AvgIpc) is 2.78. The largest absolute Gasteiger partial charge is 0.325 e. The van der Waals surface area contributed by atoms with Crippen molar-refractivity contribution in [3.63, 3.8) is 0 Å². The number of sulfone groups is 1. The molecule has 0 aliphatic heterocycles. The number of aromatic nitrogens is 4. The number of rotatable bonds is 3. The second kappa shape index (κ2) is 4.22. The summed E-state index contributed by atoms with van der Waals surface area (Å²) in [5.74, 6) is 0.433. The molecular formula is C9H11N5O2S. The standard InChI is InChI=1S/C9H11N5O2S/c1-17(15,16)8-4-12-14(6-8)9-5-11-3-7(2-10)13-9/h3-6H,2,10H2,1H3. The molecule has 0 spiro atoms. The van der Waals surface area contributed by atoms with E-state index in [0.29, 0.717) is 11.5 Å². The molecule has 2 rings (SSSR count). The van der Waals surface area contributed by atoms with E-state index < -0.39 is 9.84 Å². The van der Waals surface area contributed by atoms with E-state index in [1.165, 1.54) is 23.3 Å². The Hall–Kier alpha value is -1.80. The third-order valence-corrected chi connectivity index (χ3v) is 3.17. The van der Waals surface area contributed by atoms with E-state index in [4.69, 9.17) is 5.73 Å². The van der Waals surface area contributed by atoms with Crippen molar-refractivity contribution in [2.45, 2.75) is 11.4 Å². The van der Waals surface area contributed by atoms with Gasteiger partial charge in [0.25, 0.3) is 0 Å². The number of hydrogen-bond donors (Lipinski definition) is 1. The third-order valence-electron chi connectivity index (χ3n) is 2.10. The topological polar surface area (TPSA) is 104 Å². The van der Waals surface area contributed by atoms with Crippen LogP contribution in [0.4, 0.5) is 0 Å². The van der Waals surface area contributed by atoms with Crippen LogP contribution in [0.15, 0.2) is 29.7 Å². The molecule has 0 fully saturated rings. The molecule has 2 heterocycles. The van der Waals surface area contributed by atoms with E-state index in [2.05, 4.69) is 15.1 Å². The molecule has 0 amide bonds. The number of hydrogen-bond acceptors (Lipinski definition) is 6. The highest BCUT2D eigenvalue weighted by molar-refractivity contribution is 7.90. The molecule has 0 saturated heterocycles. The van der Waals surface area contributed by atoms with E-state index in [-0.39, 0.29) is 11.4 Å². The summed E-state index contributed by atoms with van der Waals surface area (Å²) in [7, 11) is -3.26. The van der Waals surface area contributed by atoms with Gasteiger partial charge in [-0.05, 0) is 0 Å². The lowest BCUT2D eigenvalue weighted by molar-refractivity contribution is 0.602. The summed E-state index contributed by atoms with van der Waals surface area (Å²) < 4.78 is 23.9. The van der Waals surface area contributed by atoms with E-state index in [1.54, 1.807) is 6.20 Å². The van der Waals surface area contributed by atoms with Crippen molar-refractivity contribution in [3.8, 4) is 5.82 Å². The summed E-state index contributed by atoms with van der Waals surface area (Å²) in [5.41, 5.74) is 6.05. The fraction of sp³-hybridized carbons (Fsp3) is 0.222. The minimum atomic E-state index is -3.26. The van der Waals surface area contributed by atoms with Crippen LogP contribution in [0.5, 0.6) is 0 Å². The maximum absolute atomic E-state index is 11.3. The molecule has 2 N–H and O–H groups in total. The van der Waals surface area contributed by atoms with Crippen LogP contribution in [0.2, 0.25) is 0 Å². The van der Waals surface area contributed by atoms with Crippen molar-refractivity contribution in [1.29, 1.82) is 0 Å². The van der Waals surface area contributed by atoms with Gasteiger partial charge in [0.1, 0.15) is 4.90 Å². The normalized spacial score (nSPS) is 11.6. The van der Waals surface area contributed by atoms with Crippen LogP contribution in [0, 0.1) is 0 Å². The lowest BCUT2D eigenvalue weighted by Gasteiger charge is -2.01. The van der Waals surface area contributed by atoms with Crippen molar-refractivity contribution in [2.24, 2.45) is 5.73 Å². The number of nitrogens with zero attached hydrogens (tertiary/aromatic N) is 4. The smallest absolute Gasteiger partial charge is 0.178 e. The van der Waals surface area contributed by atoms with E-state index in [1.807, 2.05) is 0 Å². The maximum atomic E-state index is 11.3. The van der Waals surface area contributed by atoms with Crippen molar-refractivity contribution < 1.29 is 8.42 Å². The van der Waals surface area contributed by atoms with Crippen molar-refractivity contribution in [1.82, 2.24) is 19.7 Å². The predicted octanol–water partition coefficient (Wildman–Crippen LogP) is -0.476.